The van der Waals surface area contributed by atoms with Crippen molar-refractivity contribution in [3.8, 4) is 22.6 Å². The van der Waals surface area contributed by atoms with E-state index in [2.05, 4.69) is 5.10 Å². The number of benzene rings is 3. The molecule has 0 spiro atoms. The summed E-state index contributed by atoms with van der Waals surface area (Å²) in [5.41, 5.74) is 4.50. The summed E-state index contributed by atoms with van der Waals surface area (Å²) in [5.74, 6) is 1.23. The molecule has 1 aliphatic rings. The first-order chi connectivity index (χ1) is 19.9. The molecule has 1 saturated heterocycles. The number of alkyl halides is 2. The van der Waals surface area contributed by atoms with Crippen LogP contribution in [0.1, 0.15) is 24.2 Å². The third-order valence-corrected chi connectivity index (χ3v) is 7.40. The van der Waals surface area contributed by atoms with Gasteiger partial charge in [0, 0.05) is 54.1 Å². The number of aromatic nitrogens is 4. The molecule has 41 heavy (non-hydrogen) atoms. The number of rotatable bonds is 9. The number of carbonyl (C=O) groups is 1. The molecule has 0 N–H and O–H groups in total. The van der Waals surface area contributed by atoms with Crippen LogP contribution >= 0.6 is 11.6 Å². The van der Waals surface area contributed by atoms with Gasteiger partial charge in [-0.3, -0.25) is 9.48 Å². The third-order valence-electron chi connectivity index (χ3n) is 7.04. The Morgan fingerprint density at radius 1 is 1.07 bits per heavy atom. The summed E-state index contributed by atoms with van der Waals surface area (Å²) in [6, 6.07) is 17.9. The van der Waals surface area contributed by atoms with Crippen LogP contribution in [0, 0.1) is 0 Å². The van der Waals surface area contributed by atoms with Gasteiger partial charge in [0.1, 0.15) is 23.9 Å². The molecular weight excluding hydrogens is 552 g/mol. The molecule has 0 radical (unpaired) electrons. The Bertz CT molecular complexity index is 1730. The van der Waals surface area contributed by atoms with E-state index in [1.807, 2.05) is 60.3 Å². The molecule has 11 heteroatoms. The molecule has 6 rings (SSSR count). The lowest BCUT2D eigenvalue weighted by Gasteiger charge is -2.17. The van der Waals surface area contributed by atoms with Crippen molar-refractivity contribution >= 4 is 34.2 Å². The van der Waals surface area contributed by atoms with Crippen molar-refractivity contribution in [2.45, 2.75) is 32.6 Å². The first-order valence-electron chi connectivity index (χ1n) is 13.1. The highest BCUT2D eigenvalue weighted by Crippen LogP contribution is 2.32. The van der Waals surface area contributed by atoms with Gasteiger partial charge in [0.05, 0.1) is 23.8 Å². The summed E-state index contributed by atoms with van der Waals surface area (Å²) in [6.07, 6.45) is 5.04. The molecule has 3 aromatic carbocycles. The lowest BCUT2D eigenvalue weighted by Crippen LogP contribution is -2.23. The van der Waals surface area contributed by atoms with Crippen LogP contribution in [-0.2, 0) is 25.0 Å². The lowest BCUT2D eigenvalue weighted by atomic mass is 10.1. The summed E-state index contributed by atoms with van der Waals surface area (Å²) < 4.78 is 41.0. The molecule has 1 aliphatic heterocycles. The van der Waals surface area contributed by atoms with Gasteiger partial charge < -0.3 is 18.9 Å². The standard InChI is InChI=1S/C30H26ClF2N5O3/c1-36-16-20(15-34-36)19-10-11-25-26(13-19)38(17-23-24(31)7-3-8-27(23)41-30(32)33)28(35-25)18-40-22-6-2-5-21(14-22)37-12-4-9-29(37)39/h2-3,5-8,10-11,13-16,30H,4,9,12,17-18H2,1H3. The SMILES string of the molecule is Cn1cc(-c2ccc3nc(COc4cccc(N5CCCC5=O)c4)n(Cc4c(Cl)cccc4OC(F)F)c3c2)cn1. The van der Waals surface area contributed by atoms with Crippen LogP contribution in [0.4, 0.5) is 14.5 Å². The Morgan fingerprint density at radius 3 is 2.68 bits per heavy atom. The minimum absolute atomic E-state index is 0.00684. The fourth-order valence-corrected chi connectivity index (χ4v) is 5.30. The molecule has 210 valence electrons. The largest absolute Gasteiger partial charge is 0.486 e. The molecule has 0 unspecified atom stereocenters. The molecule has 1 fully saturated rings. The third kappa shape index (κ3) is 5.60. The second-order valence-electron chi connectivity index (χ2n) is 9.75. The average molecular weight is 578 g/mol. The van der Waals surface area contributed by atoms with Crippen molar-refractivity contribution < 1.29 is 23.0 Å². The van der Waals surface area contributed by atoms with Gasteiger partial charge in [0.25, 0.3) is 0 Å². The maximum Gasteiger partial charge on any atom is 0.387 e. The maximum atomic E-state index is 13.2. The van der Waals surface area contributed by atoms with Gasteiger partial charge in [-0.2, -0.15) is 13.9 Å². The molecule has 3 heterocycles. The first-order valence-corrected chi connectivity index (χ1v) is 13.5. The molecule has 0 saturated carbocycles. The highest BCUT2D eigenvalue weighted by molar-refractivity contribution is 6.31. The Hall–Kier alpha value is -4.44. The number of hydrogen-bond acceptors (Lipinski definition) is 5. The van der Waals surface area contributed by atoms with Crippen molar-refractivity contribution in [2.75, 3.05) is 11.4 Å². The topological polar surface area (TPSA) is 74.4 Å². The molecule has 0 aliphatic carbocycles. The van der Waals surface area contributed by atoms with Gasteiger partial charge in [-0.05, 0) is 48.4 Å². The van der Waals surface area contributed by atoms with Gasteiger partial charge in [0.2, 0.25) is 5.91 Å². The molecule has 1 amide bonds. The number of anilines is 1. The van der Waals surface area contributed by atoms with Gasteiger partial charge >= 0.3 is 6.61 Å². The van der Waals surface area contributed by atoms with Crippen LogP contribution in [0.5, 0.6) is 11.5 Å². The van der Waals surface area contributed by atoms with Gasteiger partial charge in [0.15, 0.2) is 0 Å². The predicted molar refractivity (Wildman–Crippen MR) is 151 cm³/mol. The Balaban J connectivity index is 1.38. The van der Waals surface area contributed by atoms with E-state index in [0.717, 1.165) is 28.8 Å². The van der Waals surface area contributed by atoms with Gasteiger partial charge in [-0.15, -0.1) is 0 Å². The molecule has 2 aromatic heterocycles. The maximum absolute atomic E-state index is 13.2. The Morgan fingerprint density at radius 2 is 1.93 bits per heavy atom. The molecule has 0 atom stereocenters. The zero-order valence-corrected chi connectivity index (χ0v) is 22.9. The second kappa shape index (κ2) is 11.2. The Kier molecular flexibility index (Phi) is 7.32. The summed E-state index contributed by atoms with van der Waals surface area (Å²) >= 11 is 6.49. The highest BCUT2D eigenvalue weighted by Gasteiger charge is 2.22. The number of imidazole rings is 1. The zero-order valence-electron chi connectivity index (χ0n) is 22.1. The average Bonchev–Trinajstić information content (AvgIpc) is 3.67. The van der Waals surface area contributed by atoms with Crippen molar-refractivity contribution in [2.24, 2.45) is 7.05 Å². The monoisotopic (exact) mass is 577 g/mol. The highest BCUT2D eigenvalue weighted by atomic mass is 35.5. The van der Waals surface area contributed by atoms with Crippen LogP contribution < -0.4 is 14.4 Å². The van der Waals surface area contributed by atoms with Crippen molar-refractivity contribution in [3.05, 3.63) is 89.5 Å². The molecule has 5 aromatic rings. The predicted octanol–water partition coefficient (Wildman–Crippen LogP) is 6.45. The fraction of sp³-hybridized carbons (Fsp3) is 0.233. The number of halogens is 3. The number of hydrogen-bond donors (Lipinski definition) is 0. The summed E-state index contributed by atoms with van der Waals surface area (Å²) in [5, 5.41) is 4.56. The molecule has 8 nitrogen and oxygen atoms in total. The molecular formula is C30H26ClF2N5O3. The number of nitrogens with zero attached hydrogens (tertiary/aromatic N) is 5. The minimum Gasteiger partial charge on any atom is -0.486 e. The van der Waals surface area contributed by atoms with Gasteiger partial charge in [-0.1, -0.05) is 29.8 Å². The Labute approximate surface area is 239 Å². The number of amides is 1. The number of carbonyl (C=O) groups excluding carboxylic acids is 1. The van der Waals surface area contributed by atoms with Gasteiger partial charge in [-0.25, -0.2) is 4.98 Å². The number of ether oxygens (including phenoxy) is 2. The number of aryl methyl sites for hydroxylation is 1. The van der Waals surface area contributed by atoms with E-state index in [-0.39, 0.29) is 24.8 Å². The minimum atomic E-state index is -3.00. The van der Waals surface area contributed by atoms with Crippen molar-refractivity contribution in [1.29, 1.82) is 0 Å². The summed E-state index contributed by atoms with van der Waals surface area (Å²) in [7, 11) is 1.85. The lowest BCUT2D eigenvalue weighted by molar-refractivity contribution is -0.117. The van der Waals surface area contributed by atoms with E-state index in [1.165, 1.54) is 6.07 Å². The van der Waals surface area contributed by atoms with Crippen LogP contribution in [0.3, 0.4) is 0 Å². The van der Waals surface area contributed by atoms with E-state index in [0.29, 0.717) is 40.6 Å². The quantitative estimate of drug-likeness (QED) is 0.201. The van der Waals surface area contributed by atoms with Crippen LogP contribution in [0.15, 0.2) is 73.1 Å². The van der Waals surface area contributed by atoms with Crippen LogP contribution in [0.2, 0.25) is 5.02 Å². The van der Waals surface area contributed by atoms with Crippen molar-refractivity contribution in [3.63, 3.8) is 0 Å². The van der Waals surface area contributed by atoms with E-state index in [1.54, 1.807) is 27.9 Å². The fourth-order valence-electron chi connectivity index (χ4n) is 5.08. The smallest absolute Gasteiger partial charge is 0.387 e. The van der Waals surface area contributed by atoms with E-state index >= 15 is 0 Å². The zero-order chi connectivity index (χ0) is 28.5. The number of fused-ring (bicyclic) bond motifs is 1. The summed E-state index contributed by atoms with van der Waals surface area (Å²) in [6.45, 7) is -2.11. The van der Waals surface area contributed by atoms with E-state index in [9.17, 15) is 13.6 Å². The first kappa shape index (κ1) is 26.8. The van der Waals surface area contributed by atoms with E-state index in [4.69, 9.17) is 26.1 Å². The van der Waals surface area contributed by atoms with Crippen molar-refractivity contribution in [1.82, 2.24) is 19.3 Å². The summed E-state index contributed by atoms with van der Waals surface area (Å²) in [4.78, 5) is 18.8. The van der Waals surface area contributed by atoms with E-state index < -0.39 is 6.61 Å². The molecule has 0 bridgehead atoms. The van der Waals surface area contributed by atoms with Crippen LogP contribution in [0.25, 0.3) is 22.2 Å². The second-order valence-corrected chi connectivity index (χ2v) is 10.2. The van der Waals surface area contributed by atoms with Crippen LogP contribution in [-0.4, -0.2) is 38.4 Å². The normalized spacial score (nSPS) is 13.5.